The number of nitrogens with zero attached hydrogens (tertiary/aromatic N) is 8. The molecule has 2 amide bonds. The molecule has 7 heterocycles. The highest BCUT2D eigenvalue weighted by Crippen LogP contribution is 2.41. The lowest BCUT2D eigenvalue weighted by atomic mass is 9.89. The first kappa shape index (κ1) is 46.1. The lowest BCUT2D eigenvalue weighted by Crippen LogP contribution is -2.54. The minimum atomic E-state index is -0.861. The number of para-hydroxylation sites is 1. The van der Waals surface area contributed by atoms with Gasteiger partial charge in [-0.3, -0.25) is 9.59 Å². The number of carbonyl (C=O) groups excluding carboxylic acids is 2. The molecule has 7 atom stereocenters. The summed E-state index contributed by atoms with van der Waals surface area (Å²) in [5.74, 6) is -0.310. The van der Waals surface area contributed by atoms with Crippen molar-refractivity contribution in [3.8, 4) is 33.3 Å². The van der Waals surface area contributed by atoms with E-state index < -0.39 is 18.1 Å². The number of aromatic hydroxyl groups is 1. The number of ether oxygens (including phenoxy) is 2. The number of nitrogen functional groups attached to an aromatic ring is 1. The van der Waals surface area contributed by atoms with Gasteiger partial charge in [0, 0.05) is 80.6 Å². The number of rotatable bonds is 15. The molecule has 4 aliphatic rings. The van der Waals surface area contributed by atoms with E-state index in [1.807, 2.05) is 80.9 Å². The lowest BCUT2D eigenvalue weighted by Gasteiger charge is -2.43. The molecule has 10 rings (SSSR count). The van der Waals surface area contributed by atoms with Gasteiger partial charge in [-0.1, -0.05) is 48.5 Å². The Hall–Kier alpha value is -6.63. The summed E-state index contributed by atoms with van der Waals surface area (Å²) in [6.45, 7) is 9.44. The van der Waals surface area contributed by atoms with Gasteiger partial charge in [-0.2, -0.15) is 0 Å². The first-order chi connectivity index (χ1) is 33.4. The van der Waals surface area contributed by atoms with Crippen molar-refractivity contribution in [1.29, 1.82) is 0 Å². The number of nitrogens with two attached hydrogens (primary N) is 1. The zero-order valence-corrected chi connectivity index (χ0v) is 40.0. The number of likely N-dealkylation sites (tertiary alicyclic amines) is 1. The van der Waals surface area contributed by atoms with E-state index in [0.29, 0.717) is 47.3 Å². The average molecular weight is 955 g/mol. The number of aliphatic hydroxyl groups excluding tert-OH is 1. The maximum Gasteiger partial charge on any atom is 0.243 e. The molecule has 2 bridgehead atoms. The molecular formula is C51H58N10O7S. The van der Waals surface area contributed by atoms with Crippen molar-refractivity contribution < 1.29 is 33.8 Å². The average Bonchev–Trinajstić information content (AvgIpc) is 4.12. The van der Waals surface area contributed by atoms with Gasteiger partial charge in [0.15, 0.2) is 5.82 Å². The summed E-state index contributed by atoms with van der Waals surface area (Å²) in [5.41, 5.74) is 14.9. The number of β-amino-alcohol motifs (C(OH)–C–C–N with tert-alkyl or cyclic N) is 1. The van der Waals surface area contributed by atoms with Gasteiger partial charge in [0.1, 0.15) is 29.6 Å². The smallest absolute Gasteiger partial charge is 0.243 e. The number of carbonyl (C=O) groups is 2. The van der Waals surface area contributed by atoms with Crippen molar-refractivity contribution >= 4 is 40.3 Å². The van der Waals surface area contributed by atoms with Gasteiger partial charge >= 0.3 is 0 Å². The molecule has 2 aromatic carbocycles. The highest BCUT2D eigenvalue weighted by atomic mass is 32.1. The number of hydrogen-bond donors (Lipinski definition) is 4. The molecule has 18 heteroatoms. The summed E-state index contributed by atoms with van der Waals surface area (Å²) < 4.78 is 18.5. The van der Waals surface area contributed by atoms with Crippen LogP contribution in [0.5, 0.6) is 11.6 Å². The molecule has 3 aliphatic heterocycles. The Morgan fingerprint density at radius 1 is 0.942 bits per heavy atom. The van der Waals surface area contributed by atoms with Gasteiger partial charge in [0.2, 0.25) is 17.7 Å². The van der Waals surface area contributed by atoms with Crippen LogP contribution in [0.3, 0.4) is 0 Å². The van der Waals surface area contributed by atoms with Crippen LogP contribution in [0.2, 0.25) is 0 Å². The number of thiazole rings is 1. The fourth-order valence-corrected chi connectivity index (χ4v) is 11.3. The number of piperazine rings is 1. The zero-order chi connectivity index (χ0) is 47.9. The predicted molar refractivity (Wildman–Crippen MR) is 261 cm³/mol. The van der Waals surface area contributed by atoms with Crippen LogP contribution in [0.4, 0.5) is 17.2 Å². The number of nitrogens with one attached hydrogen (secondary N) is 1. The Bertz CT molecular complexity index is 2780. The number of hydrogen-bond acceptors (Lipinski definition) is 16. The fraction of sp³-hybridized carbons (Fsp3) is 0.431. The molecule has 3 saturated heterocycles. The largest absolute Gasteiger partial charge is 0.507 e. The topological polar surface area (TPSA) is 218 Å². The monoisotopic (exact) mass is 954 g/mol. The number of aliphatic hydroxyl groups is 1. The number of phenols is 1. The second-order valence-electron chi connectivity index (χ2n) is 19.1. The molecule has 1 saturated carbocycles. The molecule has 360 valence electrons. The normalized spacial score (nSPS) is 23.3. The standard InChI is InChI=1S/C51H58N10O7S/c1-28(47(45-17-29(2)58-68-45)51(65)60-25-37(62)19-43(60)50(64)55-30(3)32-9-11-33(12-10-32)48-31(4)54-27-69-48)26-66-38-20-39(21-38)67-46-18-34(15-16-53-46)61-35-13-14-36(61)24-59(23-35)42-22-41(56-57-49(42)52)40-7-5-6-8-44(40)63/h5-12,15-18,22,27-28,30,35-39,43,47,62-63H,13-14,19-21,23-26H2,1-4H3,(H2,52,57)(H,55,64)/t28-,30-,35-,36?,37+,38?,39?,43-,47+/m0/s1. The van der Waals surface area contributed by atoms with Gasteiger partial charge < -0.3 is 50.0 Å². The minimum absolute atomic E-state index is 0.0287. The third-order valence-electron chi connectivity index (χ3n) is 14.2. The van der Waals surface area contributed by atoms with Crippen LogP contribution in [0.25, 0.3) is 21.7 Å². The van der Waals surface area contributed by atoms with Crippen LogP contribution in [0.15, 0.2) is 89.0 Å². The van der Waals surface area contributed by atoms with Gasteiger partial charge in [-0.05, 0) is 74.9 Å². The first-order valence-electron chi connectivity index (χ1n) is 23.8. The lowest BCUT2D eigenvalue weighted by molar-refractivity contribution is -0.142. The summed E-state index contributed by atoms with van der Waals surface area (Å²) in [6.07, 6.45) is 4.32. The van der Waals surface area contributed by atoms with Gasteiger partial charge in [-0.25, -0.2) is 9.97 Å². The molecule has 69 heavy (non-hydrogen) atoms. The Morgan fingerprint density at radius 3 is 2.42 bits per heavy atom. The van der Waals surface area contributed by atoms with Crippen LogP contribution in [0.1, 0.15) is 80.6 Å². The van der Waals surface area contributed by atoms with E-state index >= 15 is 0 Å². The van der Waals surface area contributed by atoms with E-state index in [-0.39, 0.29) is 73.4 Å². The molecule has 1 aliphatic carbocycles. The van der Waals surface area contributed by atoms with E-state index in [2.05, 4.69) is 40.4 Å². The molecule has 1 unspecified atom stereocenters. The van der Waals surface area contributed by atoms with Crippen LogP contribution < -0.4 is 25.6 Å². The first-order valence-corrected chi connectivity index (χ1v) is 24.7. The highest BCUT2D eigenvalue weighted by Gasteiger charge is 2.45. The van der Waals surface area contributed by atoms with Crippen molar-refractivity contribution in [1.82, 2.24) is 35.5 Å². The van der Waals surface area contributed by atoms with Crippen molar-refractivity contribution in [2.45, 2.75) is 108 Å². The third kappa shape index (κ3) is 9.57. The number of aromatic nitrogens is 5. The fourth-order valence-electron chi connectivity index (χ4n) is 10.5. The number of fused-ring (bicyclic) bond motifs is 2. The van der Waals surface area contributed by atoms with Crippen molar-refractivity contribution in [2.24, 2.45) is 5.92 Å². The zero-order valence-electron chi connectivity index (χ0n) is 39.1. The Balaban J connectivity index is 0.735. The number of amides is 2. The summed E-state index contributed by atoms with van der Waals surface area (Å²) in [6, 6.07) is 22.2. The molecule has 6 aromatic rings. The molecule has 4 fully saturated rings. The van der Waals surface area contributed by atoms with Gasteiger partial charge in [-0.15, -0.1) is 21.5 Å². The Labute approximate surface area is 404 Å². The predicted octanol–water partition coefficient (Wildman–Crippen LogP) is 6.60. The van der Waals surface area contributed by atoms with E-state index in [9.17, 15) is 19.8 Å². The number of benzene rings is 2. The van der Waals surface area contributed by atoms with Gasteiger partial charge in [0.05, 0.1) is 58.0 Å². The maximum absolute atomic E-state index is 14.6. The summed E-state index contributed by atoms with van der Waals surface area (Å²) in [7, 11) is 0. The molecular weight excluding hydrogens is 897 g/mol. The Kier molecular flexibility index (Phi) is 13.0. The molecule has 17 nitrogen and oxygen atoms in total. The van der Waals surface area contributed by atoms with Gasteiger partial charge in [0.25, 0.3) is 0 Å². The van der Waals surface area contributed by atoms with Crippen LogP contribution in [-0.2, 0) is 14.3 Å². The van der Waals surface area contributed by atoms with E-state index in [1.54, 1.807) is 42.7 Å². The molecule has 0 radical (unpaired) electrons. The van der Waals surface area contributed by atoms with Crippen molar-refractivity contribution in [3.05, 3.63) is 107 Å². The van der Waals surface area contributed by atoms with Crippen molar-refractivity contribution in [3.63, 3.8) is 0 Å². The summed E-state index contributed by atoms with van der Waals surface area (Å²) >= 11 is 1.59. The van der Waals surface area contributed by atoms with E-state index in [0.717, 1.165) is 59.0 Å². The highest BCUT2D eigenvalue weighted by molar-refractivity contribution is 7.13. The summed E-state index contributed by atoms with van der Waals surface area (Å²) in [4.78, 5) is 44.7. The number of anilines is 3. The van der Waals surface area contributed by atoms with Crippen LogP contribution in [0, 0.1) is 19.8 Å². The Morgan fingerprint density at radius 2 is 1.71 bits per heavy atom. The number of aryl methyl sites for hydroxylation is 2. The van der Waals surface area contributed by atoms with Crippen LogP contribution >= 0.6 is 11.3 Å². The molecule has 4 aromatic heterocycles. The summed E-state index contributed by atoms with van der Waals surface area (Å²) in [5, 5.41) is 37.0. The molecule has 5 N–H and O–H groups in total. The second kappa shape index (κ2) is 19.4. The second-order valence-corrected chi connectivity index (χ2v) is 19.9. The SMILES string of the molecule is Cc1cc([C@H](C(=O)N2C[C@H](O)C[C@H]2C(=O)N[C@@H](C)c2ccc(-c3scnc3C)cc2)[C@@H](C)COC2CC(Oc3cc(N4C5CC[C@H]4CN(c4cc(-c6ccccc6O)nnc4N)C5)ccn3)C2)on1. The minimum Gasteiger partial charge on any atom is -0.507 e. The quantitative estimate of drug-likeness (QED) is 0.0853. The van der Waals surface area contributed by atoms with E-state index in [1.165, 1.54) is 4.90 Å². The van der Waals surface area contributed by atoms with E-state index in [4.69, 9.17) is 19.7 Å². The van der Waals surface area contributed by atoms with Crippen molar-refractivity contribution in [2.75, 3.05) is 41.8 Å². The number of phenolic OH excluding ortho intramolecular Hbond substituents is 1. The maximum atomic E-state index is 14.6. The number of pyridine rings is 1. The third-order valence-corrected chi connectivity index (χ3v) is 15.2. The van der Waals surface area contributed by atoms with Crippen LogP contribution in [-0.4, -0.2) is 115 Å². The molecule has 0 spiro atoms.